The van der Waals surface area contributed by atoms with Crippen LogP contribution >= 0.6 is 0 Å². The van der Waals surface area contributed by atoms with Crippen LogP contribution in [0.2, 0.25) is 0 Å². The van der Waals surface area contributed by atoms with Gasteiger partial charge in [0.05, 0.1) is 11.5 Å². The van der Waals surface area contributed by atoms with Crippen molar-refractivity contribution in [3.63, 3.8) is 0 Å². The Bertz CT molecular complexity index is 1290. The Labute approximate surface area is 226 Å². The number of rotatable bonds is 4. The molecule has 8 heteroatoms. The molecule has 204 valence electrons. The fourth-order valence-corrected chi connectivity index (χ4v) is 9.24. The van der Waals surface area contributed by atoms with Crippen LogP contribution in [0, 0.1) is 6.92 Å². The third-order valence-corrected chi connectivity index (χ3v) is 11.3. The molecule has 2 aromatic rings. The van der Waals surface area contributed by atoms with Crippen LogP contribution in [-0.2, 0) is 26.7 Å². The van der Waals surface area contributed by atoms with Gasteiger partial charge in [-0.15, -0.1) is 0 Å². The first-order chi connectivity index (χ1) is 18.3. The van der Waals surface area contributed by atoms with Crippen molar-refractivity contribution in [3.05, 3.63) is 65.2 Å². The summed E-state index contributed by atoms with van der Waals surface area (Å²) >= 11 is 0. The van der Waals surface area contributed by atoms with Gasteiger partial charge in [0.1, 0.15) is 0 Å². The highest BCUT2D eigenvalue weighted by Crippen LogP contribution is 2.45. The summed E-state index contributed by atoms with van der Waals surface area (Å²) in [6.45, 7) is 7.09. The molecule has 38 heavy (non-hydrogen) atoms. The van der Waals surface area contributed by atoms with Crippen LogP contribution in [0.1, 0.15) is 62.1 Å². The first kappa shape index (κ1) is 25.8. The van der Waals surface area contributed by atoms with Crippen molar-refractivity contribution in [2.75, 3.05) is 26.2 Å². The number of carbonyl (C=O) groups excluding carboxylic acids is 1. The zero-order valence-corrected chi connectivity index (χ0v) is 23.3. The fraction of sp³-hybridized carbons (Fsp3) is 0.567. The summed E-state index contributed by atoms with van der Waals surface area (Å²) in [5.74, 6) is 0. The molecule has 7 nitrogen and oxygen atoms in total. The number of aryl methyl sites for hydroxylation is 1. The number of ether oxygens (including phenoxy) is 1. The molecule has 1 amide bonds. The van der Waals surface area contributed by atoms with Crippen LogP contribution in [-0.4, -0.2) is 73.0 Å². The predicted octanol–water partition coefficient (Wildman–Crippen LogP) is 4.69. The van der Waals surface area contributed by atoms with Crippen molar-refractivity contribution in [1.82, 2.24) is 14.1 Å². The zero-order valence-electron chi connectivity index (χ0n) is 22.5. The highest BCUT2D eigenvalue weighted by Gasteiger charge is 2.49. The summed E-state index contributed by atoms with van der Waals surface area (Å²) < 4.78 is 34.6. The van der Waals surface area contributed by atoms with Crippen molar-refractivity contribution in [1.29, 1.82) is 0 Å². The van der Waals surface area contributed by atoms with E-state index >= 15 is 0 Å². The van der Waals surface area contributed by atoms with E-state index in [0.717, 1.165) is 62.7 Å². The Morgan fingerprint density at radius 2 is 1.71 bits per heavy atom. The van der Waals surface area contributed by atoms with E-state index < -0.39 is 10.0 Å². The minimum Gasteiger partial charge on any atom is -0.450 e. The van der Waals surface area contributed by atoms with E-state index in [1.807, 2.05) is 36.9 Å². The van der Waals surface area contributed by atoms with E-state index in [1.165, 1.54) is 5.56 Å². The molecule has 2 bridgehead atoms. The summed E-state index contributed by atoms with van der Waals surface area (Å²) in [6, 6.07) is 16.7. The van der Waals surface area contributed by atoms with Crippen molar-refractivity contribution in [2.24, 2.45) is 0 Å². The van der Waals surface area contributed by atoms with E-state index in [-0.39, 0.29) is 23.6 Å². The van der Waals surface area contributed by atoms with Gasteiger partial charge in [0.2, 0.25) is 10.0 Å². The molecule has 1 spiro atoms. The van der Waals surface area contributed by atoms with Crippen LogP contribution < -0.4 is 0 Å². The molecule has 4 aliphatic rings. The monoisotopic (exact) mass is 537 g/mol. The number of piperidine rings is 2. The summed E-state index contributed by atoms with van der Waals surface area (Å²) in [5.41, 5.74) is 3.23. The Morgan fingerprint density at radius 1 is 1.00 bits per heavy atom. The van der Waals surface area contributed by atoms with Crippen LogP contribution in [0.3, 0.4) is 0 Å². The summed E-state index contributed by atoms with van der Waals surface area (Å²) in [5, 5.41) is 0. The summed E-state index contributed by atoms with van der Waals surface area (Å²) in [4.78, 5) is 17.5. The van der Waals surface area contributed by atoms with E-state index in [2.05, 4.69) is 23.1 Å². The van der Waals surface area contributed by atoms with E-state index in [1.54, 1.807) is 16.4 Å². The Balaban J connectivity index is 1.20. The minimum absolute atomic E-state index is 0.148. The Kier molecular flexibility index (Phi) is 6.77. The van der Waals surface area contributed by atoms with Crippen LogP contribution in [0.15, 0.2) is 53.4 Å². The van der Waals surface area contributed by atoms with Crippen molar-refractivity contribution in [2.45, 2.75) is 87.4 Å². The first-order valence-corrected chi connectivity index (χ1v) is 15.6. The molecule has 0 aromatic heterocycles. The number of likely N-dealkylation sites (tertiary alicyclic amines) is 1. The maximum atomic E-state index is 13.8. The lowest BCUT2D eigenvalue weighted by atomic mass is 9.69. The molecule has 0 saturated carbocycles. The van der Waals surface area contributed by atoms with Gasteiger partial charge < -0.3 is 14.5 Å². The number of sulfonamides is 1. The number of amides is 1. The average molecular weight is 538 g/mol. The zero-order chi connectivity index (χ0) is 26.5. The normalized spacial score (nSPS) is 27.3. The quantitative estimate of drug-likeness (QED) is 0.566. The van der Waals surface area contributed by atoms with Crippen LogP contribution in [0.25, 0.3) is 0 Å². The highest BCUT2D eigenvalue weighted by atomic mass is 32.2. The van der Waals surface area contributed by atoms with Gasteiger partial charge in [-0.2, -0.15) is 4.31 Å². The third kappa shape index (κ3) is 4.44. The van der Waals surface area contributed by atoms with Gasteiger partial charge in [-0.05, 0) is 94.3 Å². The second-order valence-electron chi connectivity index (χ2n) is 11.7. The molecular formula is C30H39N3O4S. The van der Waals surface area contributed by atoms with Crippen LogP contribution in [0.5, 0.6) is 0 Å². The SMILES string of the molecule is CCOC(=O)N1C2CCC1CC(N1CCC3(CC1)CN(S(=O)(=O)c1cccc(C)c1)Cc1ccccc13)C2. The van der Waals surface area contributed by atoms with Crippen LogP contribution in [0.4, 0.5) is 4.79 Å². The van der Waals surface area contributed by atoms with Gasteiger partial charge >= 0.3 is 6.09 Å². The Hall–Kier alpha value is -2.42. The number of hydrogen-bond donors (Lipinski definition) is 0. The molecule has 4 aliphatic heterocycles. The molecule has 2 unspecified atom stereocenters. The molecular weight excluding hydrogens is 498 g/mol. The molecule has 0 aliphatic carbocycles. The molecule has 3 saturated heterocycles. The van der Waals surface area contributed by atoms with Crippen molar-refractivity contribution >= 4 is 16.1 Å². The van der Waals surface area contributed by atoms with Gasteiger partial charge in [0, 0.05) is 36.6 Å². The fourth-order valence-electron chi connectivity index (χ4n) is 7.63. The summed E-state index contributed by atoms with van der Waals surface area (Å²) in [7, 11) is -3.59. The highest BCUT2D eigenvalue weighted by molar-refractivity contribution is 7.89. The van der Waals surface area contributed by atoms with E-state index in [4.69, 9.17) is 4.74 Å². The first-order valence-electron chi connectivity index (χ1n) is 14.1. The van der Waals surface area contributed by atoms with Gasteiger partial charge in [-0.1, -0.05) is 36.4 Å². The van der Waals surface area contributed by atoms with E-state index in [9.17, 15) is 13.2 Å². The largest absolute Gasteiger partial charge is 0.450 e. The lowest BCUT2D eigenvalue weighted by Crippen LogP contribution is -2.57. The third-order valence-electron chi connectivity index (χ3n) is 9.50. The predicted molar refractivity (Wildman–Crippen MR) is 146 cm³/mol. The lowest BCUT2D eigenvalue weighted by molar-refractivity contribution is 0.0237. The number of hydrogen-bond acceptors (Lipinski definition) is 5. The van der Waals surface area contributed by atoms with Gasteiger partial charge in [-0.25, -0.2) is 13.2 Å². The van der Waals surface area contributed by atoms with E-state index in [0.29, 0.717) is 30.6 Å². The smallest absolute Gasteiger partial charge is 0.410 e. The van der Waals surface area contributed by atoms with Crippen molar-refractivity contribution in [3.8, 4) is 0 Å². The number of nitrogens with zero attached hydrogens (tertiary/aromatic N) is 3. The average Bonchev–Trinajstić information content (AvgIpc) is 3.18. The maximum absolute atomic E-state index is 13.8. The molecule has 0 N–H and O–H groups in total. The van der Waals surface area contributed by atoms with Gasteiger partial charge in [0.15, 0.2) is 0 Å². The Morgan fingerprint density at radius 3 is 2.39 bits per heavy atom. The minimum atomic E-state index is -3.59. The summed E-state index contributed by atoms with van der Waals surface area (Å²) in [6.07, 6.45) is 5.88. The molecule has 0 radical (unpaired) electrons. The molecule has 4 heterocycles. The molecule has 6 rings (SSSR count). The topological polar surface area (TPSA) is 70.2 Å². The second-order valence-corrected chi connectivity index (χ2v) is 13.6. The maximum Gasteiger partial charge on any atom is 0.410 e. The van der Waals surface area contributed by atoms with Crippen molar-refractivity contribution < 1.29 is 17.9 Å². The molecule has 2 aromatic carbocycles. The molecule has 2 atom stereocenters. The second kappa shape index (κ2) is 9.96. The number of carbonyl (C=O) groups is 1. The number of benzene rings is 2. The number of fused-ring (bicyclic) bond motifs is 4. The van der Waals surface area contributed by atoms with Gasteiger partial charge in [0.25, 0.3) is 0 Å². The molecule has 3 fully saturated rings. The standard InChI is InChI=1S/C30H39N3O4S/c1-3-37-29(34)33-24-11-12-25(33)19-26(18-24)31-15-13-30(14-16-31)21-32(20-23-8-4-5-10-28(23)30)38(35,36)27-9-6-7-22(2)17-27/h4-10,17,24-26H,3,11-16,18-21H2,1-2H3. The van der Waals surface area contributed by atoms with Gasteiger partial charge in [-0.3, -0.25) is 0 Å². The lowest BCUT2D eigenvalue weighted by Gasteiger charge is -2.51.